The summed E-state index contributed by atoms with van der Waals surface area (Å²) in [6.07, 6.45) is 5.62. The highest BCUT2D eigenvalue weighted by Gasteiger charge is 2.39. The second-order valence-corrected chi connectivity index (χ2v) is 9.22. The van der Waals surface area contributed by atoms with Crippen LogP contribution in [-0.4, -0.2) is 71.0 Å². The molecule has 0 spiro atoms. The van der Waals surface area contributed by atoms with Gasteiger partial charge in [-0.1, -0.05) is 0 Å². The minimum absolute atomic E-state index is 0.212. The predicted octanol–water partition coefficient (Wildman–Crippen LogP) is 1.82. The number of carbonyl (C=O) groups excluding carboxylic acids is 3. The van der Waals surface area contributed by atoms with E-state index in [0.717, 1.165) is 19.3 Å². The quantitative estimate of drug-likeness (QED) is 0.220. The molecule has 0 radical (unpaired) electrons. The van der Waals surface area contributed by atoms with Gasteiger partial charge in [-0.3, -0.25) is 14.5 Å². The van der Waals surface area contributed by atoms with Crippen LogP contribution in [0, 0.1) is 0 Å². The normalized spacial score (nSPS) is 14.0. The molecule has 0 atom stereocenters. The Kier molecular flexibility index (Phi) is 12.4. The molecule has 0 aliphatic carbocycles. The van der Waals surface area contributed by atoms with Crippen LogP contribution in [-0.2, 0) is 22.9 Å². The van der Waals surface area contributed by atoms with Crippen molar-refractivity contribution in [2.75, 3.05) is 39.5 Å². The van der Waals surface area contributed by atoms with E-state index in [0.29, 0.717) is 51.9 Å². The van der Waals surface area contributed by atoms with Crippen molar-refractivity contribution in [2.24, 2.45) is 0 Å². The SMILES string of the molecule is CCO[Si](CCCNC(=O)NCCCCCN1C(=O)C=CC1=O)(OCC)OCC. The molecular weight excluding hydrogens is 394 g/mol. The fourth-order valence-electron chi connectivity index (χ4n) is 3.00. The zero-order valence-electron chi connectivity index (χ0n) is 17.8. The van der Waals surface area contributed by atoms with E-state index < -0.39 is 8.80 Å². The van der Waals surface area contributed by atoms with Gasteiger partial charge in [0.2, 0.25) is 0 Å². The third kappa shape index (κ3) is 9.53. The monoisotopic (exact) mass is 429 g/mol. The minimum atomic E-state index is -2.66. The van der Waals surface area contributed by atoms with Gasteiger partial charge < -0.3 is 23.9 Å². The molecule has 10 heteroatoms. The van der Waals surface area contributed by atoms with Gasteiger partial charge in [0, 0.05) is 57.7 Å². The standard InChI is InChI=1S/C19H35N3O6Si/c1-4-26-29(27-5-2,28-6-3)16-10-14-21-19(25)20-13-8-7-9-15-22-17(23)11-12-18(22)24/h11-12H,4-10,13-16H2,1-3H3,(H2,20,21,25). The first kappa shape index (κ1) is 25.3. The third-order valence-corrected chi connectivity index (χ3v) is 7.43. The first-order chi connectivity index (χ1) is 14.0. The molecule has 166 valence electrons. The molecule has 1 heterocycles. The minimum Gasteiger partial charge on any atom is -0.374 e. The number of carbonyl (C=O) groups is 3. The predicted molar refractivity (Wildman–Crippen MR) is 111 cm³/mol. The highest BCUT2D eigenvalue weighted by molar-refractivity contribution is 6.60. The van der Waals surface area contributed by atoms with Gasteiger partial charge >= 0.3 is 14.8 Å². The second kappa shape index (κ2) is 14.3. The summed E-state index contributed by atoms with van der Waals surface area (Å²) in [5.41, 5.74) is 0. The molecule has 1 rings (SSSR count). The molecule has 1 aliphatic heterocycles. The molecule has 0 bridgehead atoms. The summed E-state index contributed by atoms with van der Waals surface area (Å²) < 4.78 is 17.4. The number of rotatable bonds is 16. The van der Waals surface area contributed by atoms with Crippen molar-refractivity contribution in [3.63, 3.8) is 0 Å². The van der Waals surface area contributed by atoms with E-state index >= 15 is 0 Å². The topological polar surface area (TPSA) is 106 Å². The number of hydrogen-bond acceptors (Lipinski definition) is 6. The van der Waals surface area contributed by atoms with Crippen LogP contribution in [0.15, 0.2) is 12.2 Å². The van der Waals surface area contributed by atoms with Crippen LogP contribution in [0.4, 0.5) is 4.79 Å². The summed E-state index contributed by atoms with van der Waals surface area (Å²) in [4.78, 5) is 35.9. The van der Waals surface area contributed by atoms with E-state index in [2.05, 4.69) is 10.6 Å². The van der Waals surface area contributed by atoms with Crippen LogP contribution >= 0.6 is 0 Å². The number of unbranched alkanes of at least 4 members (excludes halogenated alkanes) is 2. The lowest BCUT2D eigenvalue weighted by Gasteiger charge is -2.28. The molecule has 9 nitrogen and oxygen atoms in total. The summed E-state index contributed by atoms with van der Waals surface area (Å²) >= 11 is 0. The molecular formula is C19H35N3O6Si. The van der Waals surface area contributed by atoms with Crippen LogP contribution in [0.1, 0.15) is 46.5 Å². The third-order valence-electron chi connectivity index (χ3n) is 4.28. The molecule has 0 saturated carbocycles. The van der Waals surface area contributed by atoms with E-state index in [9.17, 15) is 14.4 Å². The molecule has 0 aromatic heterocycles. The maximum atomic E-state index is 11.9. The molecule has 4 amide bonds. The Morgan fingerprint density at radius 2 is 1.38 bits per heavy atom. The van der Waals surface area contributed by atoms with Crippen molar-refractivity contribution in [2.45, 2.75) is 52.5 Å². The Balaban J connectivity index is 2.11. The largest absolute Gasteiger partial charge is 0.500 e. The zero-order valence-corrected chi connectivity index (χ0v) is 18.8. The van der Waals surface area contributed by atoms with Crippen LogP contribution in [0.3, 0.4) is 0 Å². The summed E-state index contributed by atoms with van der Waals surface area (Å²) in [6.45, 7) is 8.85. The van der Waals surface area contributed by atoms with E-state index in [1.807, 2.05) is 20.8 Å². The summed E-state index contributed by atoms with van der Waals surface area (Å²) in [5.74, 6) is -0.504. The summed E-state index contributed by atoms with van der Waals surface area (Å²) in [6, 6.07) is 0.446. The first-order valence-electron chi connectivity index (χ1n) is 10.4. The number of urea groups is 1. The highest BCUT2D eigenvalue weighted by atomic mass is 28.4. The lowest BCUT2D eigenvalue weighted by atomic mass is 10.2. The van der Waals surface area contributed by atoms with Crippen molar-refractivity contribution in [1.29, 1.82) is 0 Å². The van der Waals surface area contributed by atoms with E-state index in [-0.39, 0.29) is 17.8 Å². The van der Waals surface area contributed by atoms with Crippen LogP contribution in [0.25, 0.3) is 0 Å². The molecule has 0 fully saturated rings. The number of hydrogen-bond donors (Lipinski definition) is 2. The summed E-state index contributed by atoms with van der Waals surface area (Å²) in [7, 11) is -2.66. The van der Waals surface area contributed by atoms with E-state index in [1.54, 1.807) is 0 Å². The average molecular weight is 430 g/mol. The zero-order chi connectivity index (χ0) is 21.5. The van der Waals surface area contributed by atoms with Crippen LogP contribution in [0.5, 0.6) is 0 Å². The maximum absolute atomic E-state index is 11.9. The van der Waals surface area contributed by atoms with Crippen molar-refractivity contribution in [3.05, 3.63) is 12.2 Å². The van der Waals surface area contributed by atoms with Crippen LogP contribution in [0.2, 0.25) is 6.04 Å². The van der Waals surface area contributed by atoms with Gasteiger partial charge in [-0.25, -0.2) is 4.79 Å². The Morgan fingerprint density at radius 1 is 0.862 bits per heavy atom. The number of nitrogens with zero attached hydrogens (tertiary/aromatic N) is 1. The average Bonchev–Trinajstić information content (AvgIpc) is 3.00. The van der Waals surface area contributed by atoms with Crippen molar-refractivity contribution >= 4 is 26.6 Å². The summed E-state index contributed by atoms with van der Waals surface area (Å²) in [5, 5.41) is 5.64. The Hall–Kier alpha value is -1.75. The lowest BCUT2D eigenvalue weighted by molar-refractivity contribution is -0.136. The fraction of sp³-hybridized carbons (Fsp3) is 0.737. The molecule has 29 heavy (non-hydrogen) atoms. The van der Waals surface area contributed by atoms with Gasteiger partial charge in [0.25, 0.3) is 11.8 Å². The Labute approximate surface area is 174 Å². The first-order valence-corrected chi connectivity index (χ1v) is 12.4. The second-order valence-electron chi connectivity index (χ2n) is 6.49. The molecule has 2 N–H and O–H groups in total. The number of imide groups is 1. The van der Waals surface area contributed by atoms with Gasteiger partial charge in [-0.05, 0) is 46.5 Å². The van der Waals surface area contributed by atoms with Gasteiger partial charge in [-0.15, -0.1) is 0 Å². The Morgan fingerprint density at radius 3 is 1.90 bits per heavy atom. The van der Waals surface area contributed by atoms with Gasteiger partial charge in [0.05, 0.1) is 0 Å². The maximum Gasteiger partial charge on any atom is 0.500 e. The van der Waals surface area contributed by atoms with Crippen molar-refractivity contribution in [1.82, 2.24) is 15.5 Å². The Bertz CT molecular complexity index is 523. The van der Waals surface area contributed by atoms with Gasteiger partial charge in [-0.2, -0.15) is 0 Å². The molecule has 0 unspecified atom stereocenters. The fourth-order valence-corrected chi connectivity index (χ4v) is 5.61. The van der Waals surface area contributed by atoms with Gasteiger partial charge in [0.1, 0.15) is 0 Å². The molecule has 0 aromatic rings. The molecule has 1 aliphatic rings. The number of amides is 4. The van der Waals surface area contributed by atoms with E-state index in [1.165, 1.54) is 17.1 Å². The van der Waals surface area contributed by atoms with Gasteiger partial charge in [0.15, 0.2) is 0 Å². The molecule has 0 saturated heterocycles. The smallest absolute Gasteiger partial charge is 0.374 e. The van der Waals surface area contributed by atoms with Crippen LogP contribution < -0.4 is 10.6 Å². The van der Waals surface area contributed by atoms with E-state index in [4.69, 9.17) is 13.3 Å². The van der Waals surface area contributed by atoms with Crippen molar-refractivity contribution in [3.8, 4) is 0 Å². The number of nitrogens with one attached hydrogen (secondary N) is 2. The highest BCUT2D eigenvalue weighted by Crippen LogP contribution is 2.17. The lowest BCUT2D eigenvalue weighted by Crippen LogP contribution is -2.46. The molecule has 0 aromatic carbocycles. The van der Waals surface area contributed by atoms with Crippen molar-refractivity contribution < 1.29 is 27.7 Å².